The summed E-state index contributed by atoms with van der Waals surface area (Å²) in [4.78, 5) is 0. The quantitative estimate of drug-likeness (QED) is 0.833. The van der Waals surface area contributed by atoms with Gasteiger partial charge in [0, 0.05) is 11.6 Å². The lowest BCUT2D eigenvalue weighted by Crippen LogP contribution is -2.10. The number of hydrogen-bond acceptors (Lipinski definition) is 2. The number of phenols is 1. The molecule has 0 heterocycles. The van der Waals surface area contributed by atoms with Gasteiger partial charge in [0.15, 0.2) is 0 Å². The molecule has 5 heteroatoms. The van der Waals surface area contributed by atoms with Crippen LogP contribution in [0.1, 0.15) is 24.4 Å². The van der Waals surface area contributed by atoms with Crippen LogP contribution in [-0.2, 0) is 0 Å². The van der Waals surface area contributed by atoms with Crippen molar-refractivity contribution in [2.45, 2.75) is 18.9 Å². The van der Waals surface area contributed by atoms with Crippen LogP contribution in [0, 0.1) is 5.82 Å². The molecule has 1 rings (SSSR count). The van der Waals surface area contributed by atoms with Gasteiger partial charge < -0.3 is 10.8 Å². The minimum Gasteiger partial charge on any atom is -0.506 e. The SMILES string of the molecule is C=CCC[C@@H](N)c1ccc(F)c(Br)c1O.Cl. The molecule has 0 aliphatic carbocycles. The second kappa shape index (κ2) is 6.89. The number of rotatable bonds is 4. The molecule has 0 saturated heterocycles. The molecule has 1 atom stereocenters. The Morgan fingerprint density at radius 1 is 1.56 bits per heavy atom. The third-order valence-corrected chi connectivity index (χ3v) is 2.94. The Morgan fingerprint density at radius 3 is 2.75 bits per heavy atom. The fraction of sp³-hybridized carbons (Fsp3) is 0.273. The van der Waals surface area contributed by atoms with E-state index in [0.29, 0.717) is 12.0 Å². The standard InChI is InChI=1S/C11H13BrFNO.ClH/c1-2-3-4-9(14)7-5-6-8(13)10(12)11(7)15;/h2,5-6,9,15H,1,3-4,14H2;1H/t9-;/m1./s1. The van der Waals surface area contributed by atoms with Gasteiger partial charge in [-0.2, -0.15) is 0 Å². The van der Waals surface area contributed by atoms with E-state index in [9.17, 15) is 9.50 Å². The Morgan fingerprint density at radius 2 is 2.19 bits per heavy atom. The van der Waals surface area contributed by atoms with Gasteiger partial charge in [0.25, 0.3) is 0 Å². The molecule has 0 aliphatic rings. The molecule has 0 aromatic heterocycles. The lowest BCUT2D eigenvalue weighted by atomic mass is 10.0. The van der Waals surface area contributed by atoms with Gasteiger partial charge in [-0.1, -0.05) is 12.1 Å². The molecule has 0 saturated carbocycles. The Balaban J connectivity index is 0.00000225. The van der Waals surface area contributed by atoms with Crippen molar-refractivity contribution in [2.24, 2.45) is 5.73 Å². The Hall–Kier alpha value is -0.580. The third-order valence-electron chi connectivity index (χ3n) is 2.18. The molecule has 0 spiro atoms. The van der Waals surface area contributed by atoms with Crippen LogP contribution in [0.4, 0.5) is 4.39 Å². The molecule has 0 fully saturated rings. The Labute approximate surface area is 109 Å². The van der Waals surface area contributed by atoms with Crippen LogP contribution in [-0.4, -0.2) is 5.11 Å². The fourth-order valence-corrected chi connectivity index (χ4v) is 1.67. The smallest absolute Gasteiger partial charge is 0.141 e. The van der Waals surface area contributed by atoms with Crippen molar-refractivity contribution < 1.29 is 9.50 Å². The summed E-state index contributed by atoms with van der Waals surface area (Å²) < 4.78 is 13.1. The van der Waals surface area contributed by atoms with Crippen LogP contribution in [0.3, 0.4) is 0 Å². The zero-order valence-electron chi connectivity index (χ0n) is 8.62. The molecule has 1 aromatic rings. The van der Waals surface area contributed by atoms with E-state index in [1.54, 1.807) is 6.08 Å². The summed E-state index contributed by atoms with van der Waals surface area (Å²) in [5.41, 5.74) is 6.40. The van der Waals surface area contributed by atoms with E-state index >= 15 is 0 Å². The van der Waals surface area contributed by atoms with Crippen molar-refractivity contribution in [3.05, 3.63) is 40.6 Å². The second-order valence-corrected chi connectivity index (χ2v) is 4.06. The first-order valence-electron chi connectivity index (χ1n) is 4.61. The van der Waals surface area contributed by atoms with Crippen molar-refractivity contribution in [3.63, 3.8) is 0 Å². The Kier molecular flexibility index (Phi) is 6.64. The monoisotopic (exact) mass is 309 g/mol. The van der Waals surface area contributed by atoms with Crippen molar-refractivity contribution in [1.82, 2.24) is 0 Å². The van der Waals surface area contributed by atoms with Crippen LogP contribution in [0.25, 0.3) is 0 Å². The first-order chi connectivity index (χ1) is 7.07. The molecule has 2 nitrogen and oxygen atoms in total. The summed E-state index contributed by atoms with van der Waals surface area (Å²) in [6, 6.07) is 2.48. The van der Waals surface area contributed by atoms with Crippen LogP contribution < -0.4 is 5.73 Å². The fourth-order valence-electron chi connectivity index (χ4n) is 1.31. The van der Waals surface area contributed by atoms with Gasteiger partial charge >= 0.3 is 0 Å². The van der Waals surface area contributed by atoms with Crippen LogP contribution in [0.2, 0.25) is 0 Å². The average molecular weight is 311 g/mol. The maximum atomic E-state index is 13.0. The summed E-state index contributed by atoms with van der Waals surface area (Å²) in [5.74, 6) is -0.612. The maximum absolute atomic E-state index is 13.0. The highest BCUT2D eigenvalue weighted by molar-refractivity contribution is 9.10. The number of allylic oxidation sites excluding steroid dienone is 1. The molecule has 0 unspecified atom stereocenters. The van der Waals surface area contributed by atoms with Gasteiger partial charge in [-0.15, -0.1) is 19.0 Å². The molecule has 3 N–H and O–H groups in total. The van der Waals surface area contributed by atoms with E-state index in [4.69, 9.17) is 5.73 Å². The zero-order chi connectivity index (χ0) is 11.4. The van der Waals surface area contributed by atoms with Gasteiger partial charge in [0.2, 0.25) is 0 Å². The van der Waals surface area contributed by atoms with Crippen molar-refractivity contribution >= 4 is 28.3 Å². The summed E-state index contributed by atoms with van der Waals surface area (Å²) in [5, 5.41) is 9.66. The van der Waals surface area contributed by atoms with E-state index in [1.807, 2.05) is 0 Å². The summed E-state index contributed by atoms with van der Waals surface area (Å²) in [7, 11) is 0. The Bertz CT molecular complexity index is 373. The number of aromatic hydroxyl groups is 1. The summed E-state index contributed by atoms with van der Waals surface area (Å²) in [6.07, 6.45) is 3.19. The van der Waals surface area contributed by atoms with Gasteiger partial charge in [-0.25, -0.2) is 4.39 Å². The van der Waals surface area contributed by atoms with Crippen molar-refractivity contribution in [2.75, 3.05) is 0 Å². The minimum atomic E-state index is -0.493. The van der Waals surface area contributed by atoms with E-state index in [2.05, 4.69) is 22.5 Å². The molecule has 16 heavy (non-hydrogen) atoms. The first kappa shape index (κ1) is 15.4. The van der Waals surface area contributed by atoms with Crippen LogP contribution in [0.5, 0.6) is 5.75 Å². The number of halogens is 3. The van der Waals surface area contributed by atoms with Gasteiger partial charge in [-0.3, -0.25) is 0 Å². The largest absolute Gasteiger partial charge is 0.506 e. The minimum absolute atomic E-state index is 0. The van der Waals surface area contributed by atoms with E-state index < -0.39 is 5.82 Å². The summed E-state index contributed by atoms with van der Waals surface area (Å²) in [6.45, 7) is 3.59. The zero-order valence-corrected chi connectivity index (χ0v) is 11.0. The van der Waals surface area contributed by atoms with E-state index in [0.717, 1.165) is 6.42 Å². The van der Waals surface area contributed by atoms with Crippen molar-refractivity contribution in [1.29, 1.82) is 0 Å². The molecule has 0 aliphatic heterocycles. The number of nitrogens with two attached hydrogens (primary N) is 1. The molecular weight excluding hydrogens is 296 g/mol. The van der Waals surface area contributed by atoms with Crippen LogP contribution >= 0.6 is 28.3 Å². The average Bonchev–Trinajstić information content (AvgIpc) is 2.23. The molecule has 0 bridgehead atoms. The first-order valence-corrected chi connectivity index (χ1v) is 5.40. The van der Waals surface area contributed by atoms with E-state index in [1.165, 1.54) is 12.1 Å². The number of phenolic OH excluding ortho intramolecular Hbond substituents is 1. The van der Waals surface area contributed by atoms with E-state index in [-0.39, 0.29) is 28.7 Å². The van der Waals surface area contributed by atoms with Crippen LogP contribution in [0.15, 0.2) is 29.3 Å². The van der Waals surface area contributed by atoms with Gasteiger partial charge in [0.1, 0.15) is 11.6 Å². The summed E-state index contributed by atoms with van der Waals surface area (Å²) >= 11 is 2.97. The van der Waals surface area contributed by atoms with Gasteiger partial charge in [0.05, 0.1) is 4.47 Å². The lowest BCUT2D eigenvalue weighted by Gasteiger charge is -2.13. The number of hydrogen-bond donors (Lipinski definition) is 2. The highest BCUT2D eigenvalue weighted by Gasteiger charge is 2.15. The highest BCUT2D eigenvalue weighted by Crippen LogP contribution is 2.34. The maximum Gasteiger partial charge on any atom is 0.141 e. The predicted octanol–water partition coefficient (Wildman–Crippen LogP) is 3.68. The second-order valence-electron chi connectivity index (χ2n) is 3.27. The molecule has 0 amide bonds. The third kappa shape index (κ3) is 3.47. The molecule has 0 radical (unpaired) electrons. The molecule has 1 aromatic carbocycles. The topological polar surface area (TPSA) is 46.2 Å². The predicted molar refractivity (Wildman–Crippen MR) is 69.4 cm³/mol. The molecule has 90 valence electrons. The normalized spacial score (nSPS) is 11.7. The van der Waals surface area contributed by atoms with Crippen molar-refractivity contribution in [3.8, 4) is 5.75 Å². The molecular formula is C11H14BrClFNO. The highest BCUT2D eigenvalue weighted by atomic mass is 79.9. The number of benzene rings is 1. The lowest BCUT2D eigenvalue weighted by molar-refractivity contribution is 0.448. The van der Waals surface area contributed by atoms with Gasteiger partial charge in [-0.05, 0) is 34.8 Å².